The lowest BCUT2D eigenvalue weighted by molar-refractivity contribution is -0.148. The van der Waals surface area contributed by atoms with Crippen molar-refractivity contribution in [2.24, 2.45) is 0 Å². The first-order chi connectivity index (χ1) is 11.5. The van der Waals surface area contributed by atoms with Crippen molar-refractivity contribution < 1.29 is 28.6 Å². The van der Waals surface area contributed by atoms with Crippen LogP contribution in [0.1, 0.15) is 12.5 Å². The molecule has 0 radical (unpaired) electrons. The van der Waals surface area contributed by atoms with Crippen molar-refractivity contribution in [3.8, 4) is 11.5 Å². The van der Waals surface area contributed by atoms with Crippen LogP contribution in [-0.4, -0.2) is 48.4 Å². The number of benzene rings is 1. The molecule has 7 nitrogen and oxygen atoms in total. The number of ether oxygens (including phenoxy) is 3. The molecule has 2 amide bonds. The molecule has 2 aliphatic rings. The van der Waals surface area contributed by atoms with Crippen LogP contribution < -0.4 is 9.47 Å². The maximum atomic E-state index is 12.4. The molecule has 1 aromatic rings. The van der Waals surface area contributed by atoms with E-state index in [9.17, 15) is 14.4 Å². The van der Waals surface area contributed by atoms with Gasteiger partial charge in [-0.05, 0) is 42.5 Å². The van der Waals surface area contributed by atoms with Gasteiger partial charge in [0, 0.05) is 0 Å². The van der Waals surface area contributed by atoms with Crippen molar-refractivity contribution in [3.63, 3.8) is 0 Å². The summed E-state index contributed by atoms with van der Waals surface area (Å²) in [6.45, 7) is 2.41. The lowest BCUT2D eigenvalue weighted by atomic mass is 10.1. The number of rotatable bonds is 3. The minimum absolute atomic E-state index is 0.243. The lowest BCUT2D eigenvalue weighted by Crippen LogP contribution is -2.42. The van der Waals surface area contributed by atoms with E-state index in [-0.39, 0.29) is 4.91 Å². The highest BCUT2D eigenvalue weighted by Crippen LogP contribution is 2.36. The minimum Gasteiger partial charge on any atom is -0.486 e. The van der Waals surface area contributed by atoms with Gasteiger partial charge in [-0.15, -0.1) is 0 Å². The summed E-state index contributed by atoms with van der Waals surface area (Å²) in [5.41, 5.74) is 0.704. The second-order valence-electron chi connectivity index (χ2n) is 5.15. The van der Waals surface area contributed by atoms with Crippen molar-refractivity contribution in [2.45, 2.75) is 13.0 Å². The number of hydrogen-bond donors (Lipinski definition) is 0. The number of carbonyl (C=O) groups excluding carboxylic acids is 3. The first-order valence-electron chi connectivity index (χ1n) is 7.26. The third kappa shape index (κ3) is 2.96. The molecular formula is C16H15NO6S. The van der Waals surface area contributed by atoms with Gasteiger partial charge in [0.25, 0.3) is 11.1 Å². The predicted octanol–water partition coefficient (Wildman–Crippen LogP) is 2.06. The topological polar surface area (TPSA) is 82.1 Å². The summed E-state index contributed by atoms with van der Waals surface area (Å²) in [5.74, 6) is 0.0821. The van der Waals surface area contributed by atoms with E-state index in [1.54, 1.807) is 24.3 Å². The van der Waals surface area contributed by atoms with E-state index < -0.39 is 23.2 Å². The largest absolute Gasteiger partial charge is 0.486 e. The van der Waals surface area contributed by atoms with Gasteiger partial charge in [0.15, 0.2) is 11.5 Å². The molecule has 1 saturated heterocycles. The van der Waals surface area contributed by atoms with Gasteiger partial charge < -0.3 is 14.2 Å². The fraction of sp³-hybridized carbons (Fsp3) is 0.312. The highest BCUT2D eigenvalue weighted by atomic mass is 32.2. The van der Waals surface area contributed by atoms with E-state index in [2.05, 4.69) is 4.74 Å². The van der Waals surface area contributed by atoms with Crippen LogP contribution in [0.3, 0.4) is 0 Å². The smallest absolute Gasteiger partial charge is 0.328 e. The zero-order valence-electron chi connectivity index (χ0n) is 13.1. The number of imide groups is 1. The number of esters is 1. The van der Waals surface area contributed by atoms with Crippen molar-refractivity contribution in [2.75, 3.05) is 20.3 Å². The van der Waals surface area contributed by atoms with Crippen LogP contribution in [0, 0.1) is 0 Å². The zero-order valence-corrected chi connectivity index (χ0v) is 13.9. The molecule has 24 heavy (non-hydrogen) atoms. The molecule has 2 heterocycles. The second kappa shape index (κ2) is 6.56. The number of nitrogens with zero attached hydrogens (tertiary/aromatic N) is 1. The monoisotopic (exact) mass is 349 g/mol. The van der Waals surface area contributed by atoms with Gasteiger partial charge in [-0.25, -0.2) is 4.79 Å². The maximum absolute atomic E-state index is 12.4. The van der Waals surface area contributed by atoms with Crippen LogP contribution in [0.4, 0.5) is 4.79 Å². The number of thioether (sulfide) groups is 1. The van der Waals surface area contributed by atoms with Crippen LogP contribution in [0.25, 0.3) is 6.08 Å². The molecule has 0 aromatic heterocycles. The molecule has 2 aliphatic heterocycles. The summed E-state index contributed by atoms with van der Waals surface area (Å²) < 4.78 is 15.5. The van der Waals surface area contributed by atoms with E-state index in [1.165, 1.54) is 14.0 Å². The van der Waals surface area contributed by atoms with Crippen LogP contribution in [0.2, 0.25) is 0 Å². The molecule has 0 N–H and O–H groups in total. The van der Waals surface area contributed by atoms with Crippen molar-refractivity contribution in [3.05, 3.63) is 28.7 Å². The Morgan fingerprint density at radius 1 is 1.29 bits per heavy atom. The Labute approximate surface area is 142 Å². The molecule has 0 aliphatic carbocycles. The molecule has 0 saturated carbocycles. The van der Waals surface area contributed by atoms with E-state index >= 15 is 0 Å². The van der Waals surface area contributed by atoms with Gasteiger partial charge in [-0.2, -0.15) is 0 Å². The Balaban J connectivity index is 1.85. The molecule has 1 unspecified atom stereocenters. The number of amides is 2. The molecule has 1 fully saturated rings. The Kier molecular flexibility index (Phi) is 4.48. The average Bonchev–Trinajstić information content (AvgIpc) is 2.87. The zero-order chi connectivity index (χ0) is 17.3. The molecule has 3 rings (SSSR count). The summed E-state index contributed by atoms with van der Waals surface area (Å²) in [5, 5.41) is -0.498. The van der Waals surface area contributed by atoms with Gasteiger partial charge in [-0.3, -0.25) is 14.5 Å². The summed E-state index contributed by atoms with van der Waals surface area (Å²) in [6.07, 6.45) is 1.59. The van der Waals surface area contributed by atoms with Crippen molar-refractivity contribution in [1.29, 1.82) is 0 Å². The molecular weight excluding hydrogens is 334 g/mol. The average molecular weight is 349 g/mol. The van der Waals surface area contributed by atoms with Crippen LogP contribution in [0.15, 0.2) is 23.1 Å². The van der Waals surface area contributed by atoms with E-state index in [1.807, 2.05) is 0 Å². The molecule has 126 valence electrons. The molecule has 8 heteroatoms. The van der Waals surface area contributed by atoms with Crippen molar-refractivity contribution in [1.82, 2.24) is 4.90 Å². The van der Waals surface area contributed by atoms with Gasteiger partial charge >= 0.3 is 5.97 Å². The summed E-state index contributed by atoms with van der Waals surface area (Å²) in [6, 6.07) is 4.30. The predicted molar refractivity (Wildman–Crippen MR) is 86.7 cm³/mol. The molecule has 1 atom stereocenters. The summed E-state index contributed by atoms with van der Waals surface area (Å²) in [4.78, 5) is 37.2. The van der Waals surface area contributed by atoms with E-state index in [0.717, 1.165) is 16.7 Å². The summed E-state index contributed by atoms with van der Waals surface area (Å²) in [7, 11) is 1.21. The Morgan fingerprint density at radius 3 is 2.71 bits per heavy atom. The number of fused-ring (bicyclic) bond motifs is 1. The normalized spacial score (nSPS) is 19.6. The van der Waals surface area contributed by atoms with Crippen molar-refractivity contribution >= 4 is 35.0 Å². The quantitative estimate of drug-likeness (QED) is 0.610. The minimum atomic E-state index is -0.964. The highest BCUT2D eigenvalue weighted by molar-refractivity contribution is 8.18. The van der Waals surface area contributed by atoms with Gasteiger partial charge in [0.1, 0.15) is 19.3 Å². The number of carbonyl (C=O) groups is 3. The Morgan fingerprint density at radius 2 is 2.00 bits per heavy atom. The van der Waals surface area contributed by atoms with E-state index in [0.29, 0.717) is 30.3 Å². The van der Waals surface area contributed by atoms with Crippen LogP contribution >= 0.6 is 11.8 Å². The Bertz CT molecular complexity index is 744. The standard InChI is InChI=1S/C16H15NO6S/c1-9(15(19)21-2)17-14(18)13(24-16(17)20)8-10-3-4-11-12(7-10)23-6-5-22-11/h3-4,7-9H,5-6H2,1-2H3. The third-order valence-corrected chi connectivity index (χ3v) is 4.50. The Hall–Kier alpha value is -2.48. The second-order valence-corrected chi connectivity index (χ2v) is 6.15. The lowest BCUT2D eigenvalue weighted by Gasteiger charge is -2.19. The number of methoxy groups -OCH3 is 1. The maximum Gasteiger partial charge on any atom is 0.328 e. The third-order valence-electron chi connectivity index (χ3n) is 3.62. The van der Waals surface area contributed by atoms with Crippen LogP contribution in [0.5, 0.6) is 11.5 Å². The SMILES string of the molecule is COC(=O)C(C)N1C(=O)SC(=Cc2ccc3c(c2)OCCO3)C1=O. The van der Waals surface area contributed by atoms with Gasteiger partial charge in [-0.1, -0.05) is 6.07 Å². The van der Waals surface area contributed by atoms with Gasteiger partial charge in [0.2, 0.25) is 0 Å². The van der Waals surface area contributed by atoms with Gasteiger partial charge in [0.05, 0.1) is 12.0 Å². The fourth-order valence-electron chi connectivity index (χ4n) is 2.39. The van der Waals surface area contributed by atoms with E-state index in [4.69, 9.17) is 9.47 Å². The molecule has 0 spiro atoms. The fourth-order valence-corrected chi connectivity index (χ4v) is 3.30. The van der Waals surface area contributed by atoms with Crippen LogP contribution in [-0.2, 0) is 14.3 Å². The molecule has 0 bridgehead atoms. The first-order valence-corrected chi connectivity index (χ1v) is 8.07. The summed E-state index contributed by atoms with van der Waals surface area (Å²) >= 11 is 0.789. The first kappa shape index (κ1) is 16.4. The highest BCUT2D eigenvalue weighted by Gasteiger charge is 2.41. The molecule has 1 aromatic carbocycles. The number of hydrogen-bond acceptors (Lipinski definition) is 7.